The molecule has 1 amide bonds. The van der Waals surface area contributed by atoms with Gasteiger partial charge in [-0.2, -0.15) is 0 Å². The number of piperidine rings is 1. The first-order chi connectivity index (χ1) is 15.4. The van der Waals surface area contributed by atoms with Crippen LogP contribution in [0.4, 0.5) is 17.2 Å². The molecular formula is C23H32N6O3. The maximum absolute atomic E-state index is 12.8. The number of aromatic nitrogens is 2. The Labute approximate surface area is 187 Å². The summed E-state index contributed by atoms with van der Waals surface area (Å²) in [6, 6.07) is 9.09. The molecule has 172 valence electrons. The van der Waals surface area contributed by atoms with Crippen molar-refractivity contribution in [2.24, 2.45) is 11.8 Å². The van der Waals surface area contributed by atoms with Crippen molar-refractivity contribution in [3.63, 3.8) is 0 Å². The van der Waals surface area contributed by atoms with Crippen molar-refractivity contribution in [1.82, 2.24) is 14.5 Å². The number of hydrogen-bond donors (Lipinski definition) is 3. The van der Waals surface area contributed by atoms with E-state index in [0.29, 0.717) is 44.0 Å². The SMILES string of the molecule is Nc1c(N(N)c2ccccc2)ncn(CC2(O)CCN(C(=O)CCC3CCC3)CC2)c1=O. The number of hydrazine groups is 1. The third-order valence-corrected chi connectivity index (χ3v) is 6.82. The lowest BCUT2D eigenvalue weighted by atomic mass is 9.82. The van der Waals surface area contributed by atoms with Crippen molar-refractivity contribution < 1.29 is 9.90 Å². The predicted octanol–water partition coefficient (Wildman–Crippen LogP) is 1.77. The van der Waals surface area contributed by atoms with Crippen LogP contribution in [-0.2, 0) is 11.3 Å². The minimum absolute atomic E-state index is 0.0727. The molecule has 9 nitrogen and oxygen atoms in total. The van der Waals surface area contributed by atoms with Gasteiger partial charge in [0.05, 0.1) is 17.8 Å². The van der Waals surface area contributed by atoms with Gasteiger partial charge in [0.15, 0.2) is 5.82 Å². The molecule has 32 heavy (non-hydrogen) atoms. The summed E-state index contributed by atoms with van der Waals surface area (Å²) in [5.74, 6) is 7.14. The van der Waals surface area contributed by atoms with Gasteiger partial charge in [-0.1, -0.05) is 37.5 Å². The summed E-state index contributed by atoms with van der Waals surface area (Å²) in [4.78, 5) is 31.4. The molecule has 1 aliphatic heterocycles. The number of nitrogen functional groups attached to an aromatic ring is 1. The summed E-state index contributed by atoms with van der Waals surface area (Å²) in [5, 5.41) is 12.3. The topological polar surface area (TPSA) is 131 Å². The van der Waals surface area contributed by atoms with E-state index in [1.54, 1.807) is 12.1 Å². The quantitative estimate of drug-likeness (QED) is 0.442. The molecule has 9 heteroatoms. The molecule has 1 saturated heterocycles. The molecule has 0 radical (unpaired) electrons. The van der Waals surface area contributed by atoms with Crippen LogP contribution in [0.3, 0.4) is 0 Å². The van der Waals surface area contributed by atoms with Gasteiger partial charge in [0.25, 0.3) is 5.56 Å². The molecule has 1 aliphatic carbocycles. The molecule has 2 aromatic rings. The van der Waals surface area contributed by atoms with E-state index in [4.69, 9.17) is 11.6 Å². The highest BCUT2D eigenvalue weighted by Gasteiger charge is 2.35. The number of hydrogen-bond acceptors (Lipinski definition) is 7. The molecule has 0 unspecified atom stereocenters. The van der Waals surface area contributed by atoms with Crippen LogP contribution in [0, 0.1) is 5.92 Å². The molecule has 1 aromatic carbocycles. The summed E-state index contributed by atoms with van der Waals surface area (Å²) in [6.45, 7) is 1.05. The lowest BCUT2D eigenvalue weighted by Gasteiger charge is -2.38. The number of carbonyl (C=O) groups is 1. The molecule has 1 aromatic heterocycles. The number of benzene rings is 1. The fourth-order valence-electron chi connectivity index (χ4n) is 4.43. The van der Waals surface area contributed by atoms with E-state index < -0.39 is 11.2 Å². The second-order valence-electron chi connectivity index (χ2n) is 9.06. The Bertz CT molecular complexity index is 997. The monoisotopic (exact) mass is 440 g/mol. The Kier molecular flexibility index (Phi) is 6.48. The number of nitrogens with zero attached hydrogens (tertiary/aromatic N) is 4. The Hall–Kier alpha value is -2.91. The Morgan fingerprint density at radius 3 is 2.53 bits per heavy atom. The molecule has 0 bridgehead atoms. The average Bonchev–Trinajstić information content (AvgIpc) is 2.76. The van der Waals surface area contributed by atoms with Gasteiger partial charge in [-0.3, -0.25) is 19.2 Å². The fraction of sp³-hybridized carbons (Fsp3) is 0.522. The van der Waals surface area contributed by atoms with Crippen LogP contribution >= 0.6 is 0 Å². The molecule has 4 rings (SSSR count). The van der Waals surface area contributed by atoms with Gasteiger partial charge in [-0.15, -0.1) is 0 Å². The van der Waals surface area contributed by atoms with Crippen LogP contribution < -0.4 is 22.1 Å². The standard InChI is InChI=1S/C23H32N6O3/c24-20-21(29(25)18-7-2-1-3-8-18)26-16-28(22(20)31)15-23(32)11-13-27(14-12-23)19(30)10-9-17-5-4-6-17/h1-3,7-8,16-17,32H,4-6,9-15,24-25H2. The second-order valence-corrected chi connectivity index (χ2v) is 9.06. The molecule has 2 heterocycles. The first-order valence-corrected chi connectivity index (χ1v) is 11.3. The summed E-state index contributed by atoms with van der Waals surface area (Å²) in [6.07, 6.45) is 7.49. The first-order valence-electron chi connectivity index (χ1n) is 11.3. The number of para-hydroxylation sites is 1. The minimum atomic E-state index is -1.09. The third kappa shape index (κ3) is 4.78. The summed E-state index contributed by atoms with van der Waals surface area (Å²) in [7, 11) is 0. The molecule has 1 saturated carbocycles. The van der Waals surface area contributed by atoms with E-state index >= 15 is 0 Å². The van der Waals surface area contributed by atoms with E-state index in [1.807, 2.05) is 23.1 Å². The number of anilines is 3. The summed E-state index contributed by atoms with van der Waals surface area (Å²) < 4.78 is 1.33. The lowest BCUT2D eigenvalue weighted by Crippen LogP contribution is -2.50. The zero-order valence-corrected chi connectivity index (χ0v) is 18.3. The summed E-state index contributed by atoms with van der Waals surface area (Å²) in [5.41, 5.74) is 5.08. The summed E-state index contributed by atoms with van der Waals surface area (Å²) >= 11 is 0. The first kappa shape index (κ1) is 22.3. The minimum Gasteiger partial charge on any atom is -0.391 e. The van der Waals surface area contributed by atoms with Crippen molar-refractivity contribution >= 4 is 23.1 Å². The number of amides is 1. The number of carbonyl (C=O) groups excluding carboxylic acids is 1. The largest absolute Gasteiger partial charge is 0.391 e. The predicted molar refractivity (Wildman–Crippen MR) is 123 cm³/mol. The molecule has 2 fully saturated rings. The smallest absolute Gasteiger partial charge is 0.278 e. The van der Waals surface area contributed by atoms with E-state index in [1.165, 1.54) is 35.2 Å². The van der Waals surface area contributed by atoms with Crippen molar-refractivity contribution in [3.8, 4) is 0 Å². The van der Waals surface area contributed by atoms with Gasteiger partial charge in [0.2, 0.25) is 5.91 Å². The fourth-order valence-corrected chi connectivity index (χ4v) is 4.43. The van der Waals surface area contributed by atoms with Crippen molar-refractivity contribution in [3.05, 3.63) is 47.0 Å². The van der Waals surface area contributed by atoms with Crippen molar-refractivity contribution in [2.45, 2.75) is 57.1 Å². The highest BCUT2D eigenvalue weighted by molar-refractivity contribution is 5.76. The Balaban J connectivity index is 1.38. The third-order valence-electron chi connectivity index (χ3n) is 6.82. The van der Waals surface area contributed by atoms with Crippen molar-refractivity contribution in [1.29, 1.82) is 0 Å². The maximum atomic E-state index is 12.8. The number of rotatable bonds is 7. The van der Waals surface area contributed by atoms with Gasteiger partial charge in [0, 0.05) is 19.5 Å². The zero-order chi connectivity index (χ0) is 22.7. The average molecular weight is 441 g/mol. The number of likely N-dealkylation sites (tertiary alicyclic amines) is 1. The van der Waals surface area contributed by atoms with E-state index in [0.717, 1.165) is 6.42 Å². The van der Waals surface area contributed by atoms with Gasteiger partial charge in [0.1, 0.15) is 12.0 Å². The van der Waals surface area contributed by atoms with Crippen molar-refractivity contribution in [2.75, 3.05) is 23.8 Å². The second kappa shape index (κ2) is 9.30. The van der Waals surface area contributed by atoms with E-state index in [9.17, 15) is 14.7 Å². The van der Waals surface area contributed by atoms with Crippen LogP contribution in [0.5, 0.6) is 0 Å². The van der Waals surface area contributed by atoms with Crippen LogP contribution in [-0.4, -0.2) is 44.2 Å². The molecule has 0 spiro atoms. The highest BCUT2D eigenvalue weighted by Crippen LogP contribution is 2.31. The Morgan fingerprint density at radius 2 is 1.91 bits per heavy atom. The normalized spacial score (nSPS) is 18.2. The van der Waals surface area contributed by atoms with Crippen LogP contribution in [0.1, 0.15) is 44.9 Å². The molecule has 0 atom stereocenters. The maximum Gasteiger partial charge on any atom is 0.278 e. The molecule has 2 aliphatic rings. The lowest BCUT2D eigenvalue weighted by molar-refractivity contribution is -0.136. The van der Waals surface area contributed by atoms with Crippen LogP contribution in [0.25, 0.3) is 0 Å². The zero-order valence-electron chi connectivity index (χ0n) is 18.3. The van der Waals surface area contributed by atoms with Gasteiger partial charge in [-0.05, 0) is 37.3 Å². The van der Waals surface area contributed by atoms with E-state index in [2.05, 4.69) is 4.98 Å². The van der Waals surface area contributed by atoms with E-state index in [-0.39, 0.29) is 24.0 Å². The molecular weight excluding hydrogens is 408 g/mol. The highest BCUT2D eigenvalue weighted by atomic mass is 16.3. The number of nitrogens with two attached hydrogens (primary N) is 2. The van der Waals surface area contributed by atoms with Gasteiger partial charge in [-0.25, -0.2) is 10.8 Å². The van der Waals surface area contributed by atoms with Crippen LogP contribution in [0.15, 0.2) is 41.5 Å². The molecule has 5 N–H and O–H groups in total. The Morgan fingerprint density at radius 1 is 1.22 bits per heavy atom. The van der Waals surface area contributed by atoms with Gasteiger partial charge >= 0.3 is 0 Å². The van der Waals surface area contributed by atoms with Gasteiger partial charge < -0.3 is 15.7 Å². The number of aliphatic hydroxyl groups is 1. The van der Waals surface area contributed by atoms with Crippen LogP contribution in [0.2, 0.25) is 0 Å².